The first-order valence-corrected chi connectivity index (χ1v) is 5.77. The third kappa shape index (κ3) is 3.85. The van der Waals surface area contributed by atoms with Crippen LogP contribution in [0.1, 0.15) is 18.1 Å². The summed E-state index contributed by atoms with van der Waals surface area (Å²) in [6, 6.07) is 8.62. The first-order valence-electron chi connectivity index (χ1n) is 4.79. The van der Waals surface area contributed by atoms with Gasteiger partial charge in [-0.15, -0.1) is 0 Å². The van der Waals surface area contributed by atoms with Gasteiger partial charge >= 0.3 is 0 Å². The lowest BCUT2D eigenvalue weighted by Gasteiger charge is -2.08. The highest BCUT2D eigenvalue weighted by atomic mass is 32.2. The van der Waals surface area contributed by atoms with Crippen LogP contribution in [-0.4, -0.2) is 5.75 Å². The number of nitrogens with zero attached hydrogens (tertiary/aromatic N) is 1. The molecule has 0 radical (unpaired) electrons. The van der Waals surface area contributed by atoms with Gasteiger partial charge in [0.1, 0.15) is 5.40 Å². The average Bonchev–Trinajstić information content (AvgIpc) is 2.18. The monoisotopic (exact) mass is 205 g/mol. The minimum Gasteiger partial charge on any atom is -0.185 e. The van der Waals surface area contributed by atoms with E-state index in [1.165, 1.54) is 22.9 Å². The molecule has 0 spiro atoms. The number of thiocyanates is 1. The Labute approximate surface area is 90.1 Å². The summed E-state index contributed by atoms with van der Waals surface area (Å²) in [6.07, 6.45) is 1.06. The predicted octanol–water partition coefficient (Wildman–Crippen LogP) is 3.39. The van der Waals surface area contributed by atoms with Crippen molar-refractivity contribution in [2.45, 2.75) is 20.3 Å². The minimum absolute atomic E-state index is 0.572. The zero-order chi connectivity index (χ0) is 10.4. The maximum atomic E-state index is 8.43. The molecule has 0 bridgehead atoms. The van der Waals surface area contributed by atoms with E-state index in [0.29, 0.717) is 5.92 Å². The van der Waals surface area contributed by atoms with Gasteiger partial charge in [0.2, 0.25) is 0 Å². The van der Waals surface area contributed by atoms with Crippen molar-refractivity contribution in [3.8, 4) is 5.40 Å². The number of rotatable bonds is 4. The summed E-state index contributed by atoms with van der Waals surface area (Å²) >= 11 is 1.34. The molecule has 0 saturated heterocycles. The van der Waals surface area contributed by atoms with E-state index < -0.39 is 0 Å². The normalized spacial score (nSPS) is 12.1. The van der Waals surface area contributed by atoms with Crippen LogP contribution in [0.4, 0.5) is 0 Å². The molecule has 1 aromatic carbocycles. The summed E-state index contributed by atoms with van der Waals surface area (Å²) in [4.78, 5) is 0. The Balaban J connectivity index is 2.44. The van der Waals surface area contributed by atoms with Crippen LogP contribution in [0.3, 0.4) is 0 Å². The molecule has 0 aliphatic carbocycles. The number of thioether (sulfide) groups is 1. The Morgan fingerprint density at radius 2 is 2.00 bits per heavy atom. The molecule has 14 heavy (non-hydrogen) atoms. The predicted molar refractivity (Wildman–Crippen MR) is 62.1 cm³/mol. The molecule has 0 N–H and O–H groups in total. The smallest absolute Gasteiger partial charge is 0.133 e. The Morgan fingerprint density at radius 1 is 1.36 bits per heavy atom. The summed E-state index contributed by atoms with van der Waals surface area (Å²) in [5, 5.41) is 10.5. The highest BCUT2D eigenvalue weighted by Gasteiger charge is 2.03. The highest BCUT2D eigenvalue weighted by Crippen LogP contribution is 2.13. The van der Waals surface area contributed by atoms with Gasteiger partial charge in [0.15, 0.2) is 0 Å². The van der Waals surface area contributed by atoms with Crippen LogP contribution in [0.15, 0.2) is 24.3 Å². The van der Waals surface area contributed by atoms with E-state index in [9.17, 15) is 0 Å². The van der Waals surface area contributed by atoms with Crippen molar-refractivity contribution in [2.24, 2.45) is 5.92 Å². The number of hydrogen-bond acceptors (Lipinski definition) is 2. The maximum absolute atomic E-state index is 8.43. The molecular formula is C12H15NS. The standard InChI is InChI=1S/C12H15NS/c1-10-3-5-12(6-4-10)7-11(2)8-14-9-13/h3-6,11H,7-8H2,1-2H3. The molecule has 0 aliphatic heterocycles. The van der Waals surface area contributed by atoms with Crippen molar-refractivity contribution in [3.05, 3.63) is 35.4 Å². The molecular weight excluding hydrogens is 190 g/mol. The summed E-state index contributed by atoms with van der Waals surface area (Å²) < 4.78 is 0. The quantitative estimate of drug-likeness (QED) is 0.703. The molecule has 74 valence electrons. The minimum atomic E-state index is 0.572. The molecule has 0 aliphatic rings. The van der Waals surface area contributed by atoms with Crippen molar-refractivity contribution in [3.63, 3.8) is 0 Å². The summed E-state index contributed by atoms with van der Waals surface area (Å²) in [7, 11) is 0. The zero-order valence-electron chi connectivity index (χ0n) is 8.66. The van der Waals surface area contributed by atoms with Crippen molar-refractivity contribution in [2.75, 3.05) is 5.75 Å². The van der Waals surface area contributed by atoms with Gasteiger partial charge in [-0.25, -0.2) is 0 Å². The van der Waals surface area contributed by atoms with Gasteiger partial charge in [-0.1, -0.05) is 36.8 Å². The maximum Gasteiger partial charge on any atom is 0.133 e. The highest BCUT2D eigenvalue weighted by molar-refractivity contribution is 8.03. The number of nitriles is 1. The second-order valence-electron chi connectivity index (χ2n) is 3.70. The fraction of sp³-hybridized carbons (Fsp3) is 0.417. The number of aryl methyl sites for hydroxylation is 1. The molecule has 1 nitrogen and oxygen atoms in total. The van der Waals surface area contributed by atoms with Crippen molar-refractivity contribution < 1.29 is 0 Å². The van der Waals surface area contributed by atoms with Gasteiger partial charge in [0.25, 0.3) is 0 Å². The van der Waals surface area contributed by atoms with Crippen LogP contribution < -0.4 is 0 Å². The molecule has 1 atom stereocenters. The van der Waals surface area contributed by atoms with Gasteiger partial charge in [0, 0.05) is 5.75 Å². The SMILES string of the molecule is Cc1ccc(CC(C)CSC#N)cc1. The summed E-state index contributed by atoms with van der Waals surface area (Å²) in [5.41, 5.74) is 2.66. The Hall–Kier alpha value is -0.940. The summed E-state index contributed by atoms with van der Waals surface area (Å²) in [6.45, 7) is 4.28. The molecule has 2 heteroatoms. The van der Waals surface area contributed by atoms with E-state index in [1.807, 2.05) is 0 Å². The lowest BCUT2D eigenvalue weighted by atomic mass is 10.0. The van der Waals surface area contributed by atoms with E-state index in [4.69, 9.17) is 5.26 Å². The molecule has 0 heterocycles. The first kappa shape index (κ1) is 11.1. The van der Waals surface area contributed by atoms with E-state index in [1.54, 1.807) is 0 Å². The second kappa shape index (κ2) is 5.72. The third-order valence-electron chi connectivity index (χ3n) is 2.14. The molecule has 0 fully saturated rings. The van der Waals surface area contributed by atoms with Gasteiger partial charge < -0.3 is 0 Å². The van der Waals surface area contributed by atoms with Gasteiger partial charge in [-0.3, -0.25) is 0 Å². The van der Waals surface area contributed by atoms with Gasteiger partial charge in [-0.05, 0) is 36.6 Å². The van der Waals surface area contributed by atoms with E-state index in [-0.39, 0.29) is 0 Å². The summed E-state index contributed by atoms with van der Waals surface area (Å²) in [5.74, 6) is 1.49. The molecule has 1 unspecified atom stereocenters. The van der Waals surface area contributed by atoms with Gasteiger partial charge in [0.05, 0.1) is 0 Å². The molecule has 1 rings (SSSR count). The Bertz CT molecular complexity index is 310. The number of hydrogen-bond donors (Lipinski definition) is 0. The van der Waals surface area contributed by atoms with Crippen LogP contribution in [0, 0.1) is 23.5 Å². The fourth-order valence-electron chi connectivity index (χ4n) is 1.36. The van der Waals surface area contributed by atoms with E-state index >= 15 is 0 Å². The Morgan fingerprint density at radius 3 is 2.57 bits per heavy atom. The largest absolute Gasteiger partial charge is 0.185 e. The van der Waals surface area contributed by atoms with Crippen LogP contribution in [0.2, 0.25) is 0 Å². The van der Waals surface area contributed by atoms with E-state index in [0.717, 1.165) is 12.2 Å². The van der Waals surface area contributed by atoms with Crippen LogP contribution >= 0.6 is 11.8 Å². The topological polar surface area (TPSA) is 23.8 Å². The third-order valence-corrected chi connectivity index (χ3v) is 3.00. The lowest BCUT2D eigenvalue weighted by Crippen LogP contribution is -2.02. The molecule has 1 aromatic rings. The first-order chi connectivity index (χ1) is 6.72. The van der Waals surface area contributed by atoms with Crippen LogP contribution in [0.5, 0.6) is 0 Å². The van der Waals surface area contributed by atoms with Crippen LogP contribution in [-0.2, 0) is 6.42 Å². The van der Waals surface area contributed by atoms with Crippen molar-refractivity contribution in [1.82, 2.24) is 0 Å². The van der Waals surface area contributed by atoms with Crippen LogP contribution in [0.25, 0.3) is 0 Å². The Kier molecular flexibility index (Phi) is 4.55. The zero-order valence-corrected chi connectivity index (χ0v) is 9.47. The molecule has 0 saturated carbocycles. The lowest BCUT2D eigenvalue weighted by molar-refractivity contribution is 0.659. The van der Waals surface area contributed by atoms with E-state index in [2.05, 4.69) is 43.5 Å². The van der Waals surface area contributed by atoms with Crippen molar-refractivity contribution in [1.29, 1.82) is 5.26 Å². The average molecular weight is 205 g/mol. The van der Waals surface area contributed by atoms with Gasteiger partial charge in [-0.2, -0.15) is 5.26 Å². The van der Waals surface area contributed by atoms with Crippen molar-refractivity contribution >= 4 is 11.8 Å². The molecule has 0 amide bonds. The molecule has 0 aromatic heterocycles. The second-order valence-corrected chi connectivity index (χ2v) is 4.50. The number of benzene rings is 1. The fourth-order valence-corrected chi connectivity index (χ4v) is 1.84.